The molecule has 1 amide bonds. The number of amides is 1. The molecular weight excluding hydrogens is 496 g/mol. The molecule has 1 unspecified atom stereocenters. The molecule has 0 aromatic heterocycles. The standard InChI is InChI=1S/C8H10AsNO5.C8H10.Cl2O2S/c1-6(11)10-8-4-2-3-7(5-8)9(12,13)15-14;1-2-8-6-4-3-5-7-8;1-5(2,3)4/h2-5,14H,1H3,(H,10,11)(H,12,13);3-7H,2H2,1H3;. The van der Waals surface area contributed by atoms with Gasteiger partial charge in [0.15, 0.2) is 0 Å². The topological polar surface area (TPSA) is 130 Å². The van der Waals surface area contributed by atoms with Crippen LogP contribution in [-0.4, -0.2) is 37.9 Å². The predicted molar refractivity (Wildman–Crippen MR) is 109 cm³/mol. The summed E-state index contributed by atoms with van der Waals surface area (Å²) < 4.78 is 42.3. The van der Waals surface area contributed by atoms with Crippen LogP contribution in [0.2, 0.25) is 0 Å². The molecule has 0 radical (unpaired) electrons. The third kappa shape index (κ3) is 13.8. The minimum absolute atomic E-state index is 0.0399. The molecule has 156 valence electrons. The van der Waals surface area contributed by atoms with E-state index in [1.807, 2.05) is 6.07 Å². The number of hydrogen-bond donors (Lipinski definition) is 3. The van der Waals surface area contributed by atoms with E-state index in [1.54, 1.807) is 6.07 Å². The van der Waals surface area contributed by atoms with Crippen LogP contribution in [0.4, 0.5) is 5.69 Å². The maximum Gasteiger partial charge on any atom is 0.317 e. The third-order valence-corrected chi connectivity index (χ3v) is 5.27. The number of hydrogen-bond acceptors (Lipinski definition) is 6. The molecule has 0 saturated carbocycles. The van der Waals surface area contributed by atoms with Crippen molar-refractivity contribution in [2.45, 2.75) is 20.3 Å². The fourth-order valence-corrected chi connectivity index (χ4v) is 3.13. The summed E-state index contributed by atoms with van der Waals surface area (Å²) in [6.45, 7) is 3.48. The first-order valence-corrected chi connectivity index (χ1v) is 14.1. The van der Waals surface area contributed by atoms with Crippen molar-refractivity contribution in [1.82, 2.24) is 0 Å². The summed E-state index contributed by atoms with van der Waals surface area (Å²) in [7, 11) is 4.81. The zero-order chi connectivity index (χ0) is 21.8. The molecule has 0 saturated heterocycles. The molecule has 0 fully saturated rings. The molecule has 0 spiro atoms. The summed E-state index contributed by atoms with van der Waals surface area (Å²) in [5.41, 5.74) is 1.78. The Labute approximate surface area is 175 Å². The number of nitrogens with one attached hydrogen (secondary N) is 1. The van der Waals surface area contributed by atoms with Crippen LogP contribution < -0.4 is 9.67 Å². The normalized spacial score (nSPS) is 12.4. The number of benzene rings is 2. The van der Waals surface area contributed by atoms with Gasteiger partial charge in [-0.25, -0.2) is 0 Å². The van der Waals surface area contributed by atoms with Gasteiger partial charge in [-0.05, 0) is 12.0 Å². The molecule has 3 N–H and O–H groups in total. The average molecular weight is 516 g/mol. The summed E-state index contributed by atoms with van der Waals surface area (Å²) in [4.78, 5) is 10.7. The maximum atomic E-state index is 11.3. The Morgan fingerprint density at radius 2 is 1.68 bits per heavy atom. The number of halogens is 2. The summed E-state index contributed by atoms with van der Waals surface area (Å²) in [5.74, 6) is -0.294. The largest absolute Gasteiger partial charge is 0.317 e. The van der Waals surface area contributed by atoms with E-state index >= 15 is 0 Å². The van der Waals surface area contributed by atoms with E-state index in [4.69, 9.17) is 13.7 Å². The van der Waals surface area contributed by atoms with Gasteiger partial charge in [-0.1, -0.05) is 37.3 Å². The van der Waals surface area contributed by atoms with E-state index in [0.717, 1.165) is 6.42 Å². The molecule has 1 atom stereocenters. The molecule has 2 rings (SSSR count). The van der Waals surface area contributed by atoms with Gasteiger partial charge < -0.3 is 0 Å². The Morgan fingerprint density at radius 3 is 2.07 bits per heavy atom. The second kappa shape index (κ2) is 13.0. The monoisotopic (exact) mass is 515 g/mol. The van der Waals surface area contributed by atoms with Crippen molar-refractivity contribution in [3.05, 3.63) is 60.2 Å². The van der Waals surface area contributed by atoms with Crippen LogP contribution in [0.15, 0.2) is 54.6 Å². The summed E-state index contributed by atoms with van der Waals surface area (Å²) >= 11 is -4.83. The Hall–Kier alpha value is -1.32. The molecule has 12 heteroatoms. The minimum Gasteiger partial charge on any atom is -0.195 e. The maximum absolute atomic E-state index is 11.3. The molecular formula is C16H20AsCl2NO7S. The van der Waals surface area contributed by atoms with Gasteiger partial charge in [0.2, 0.25) is 0 Å². The number of carbonyl (C=O) groups is 1. The van der Waals surface area contributed by atoms with Crippen LogP contribution in [0, 0.1) is 0 Å². The van der Waals surface area contributed by atoms with Crippen molar-refractivity contribution < 1.29 is 30.2 Å². The van der Waals surface area contributed by atoms with Gasteiger partial charge in [0.1, 0.15) is 0 Å². The quantitative estimate of drug-likeness (QED) is 0.247. The van der Waals surface area contributed by atoms with Gasteiger partial charge in [-0.3, -0.25) is 0 Å². The van der Waals surface area contributed by atoms with E-state index in [0.29, 0.717) is 5.69 Å². The predicted octanol–water partition coefficient (Wildman–Crippen LogP) is 2.66. The van der Waals surface area contributed by atoms with E-state index in [9.17, 15) is 12.6 Å². The first-order valence-electron chi connectivity index (χ1n) is 7.61. The molecule has 28 heavy (non-hydrogen) atoms. The van der Waals surface area contributed by atoms with Gasteiger partial charge >= 0.3 is 96.7 Å². The van der Waals surface area contributed by atoms with Crippen LogP contribution in [0.3, 0.4) is 0 Å². The van der Waals surface area contributed by atoms with Crippen LogP contribution in [0.1, 0.15) is 19.4 Å². The van der Waals surface area contributed by atoms with E-state index in [1.165, 1.54) is 30.7 Å². The molecule has 8 nitrogen and oxygen atoms in total. The summed E-state index contributed by atoms with van der Waals surface area (Å²) in [6, 6.07) is 16.1. The van der Waals surface area contributed by atoms with Crippen molar-refractivity contribution in [2.24, 2.45) is 0 Å². The smallest absolute Gasteiger partial charge is 0.195 e. The first kappa shape index (κ1) is 26.7. The molecule has 2 aromatic carbocycles. The Morgan fingerprint density at radius 1 is 1.14 bits per heavy atom. The van der Waals surface area contributed by atoms with Crippen LogP contribution >= 0.6 is 21.4 Å². The van der Waals surface area contributed by atoms with E-state index in [-0.39, 0.29) is 10.3 Å². The minimum atomic E-state index is -4.83. The Bertz CT molecular complexity index is 887. The first-order chi connectivity index (χ1) is 12.9. The van der Waals surface area contributed by atoms with Crippen molar-refractivity contribution in [3.63, 3.8) is 0 Å². The van der Waals surface area contributed by atoms with Crippen molar-refractivity contribution >= 4 is 59.7 Å². The SMILES string of the molecule is CC(=O)Nc1cccc([As](=O)(O)OO)c1.CCc1ccccc1.O=S(=O)(Cl)Cl. The van der Waals surface area contributed by atoms with Gasteiger partial charge in [-0.15, -0.1) is 0 Å². The molecule has 0 aliphatic rings. The van der Waals surface area contributed by atoms with Crippen molar-refractivity contribution in [1.29, 1.82) is 0 Å². The van der Waals surface area contributed by atoms with Gasteiger partial charge in [0, 0.05) is 21.4 Å². The van der Waals surface area contributed by atoms with Gasteiger partial charge in [0.05, 0.1) is 0 Å². The zero-order valence-corrected chi connectivity index (χ0v) is 19.2. The van der Waals surface area contributed by atoms with Crippen LogP contribution in [0.25, 0.3) is 0 Å². The number of rotatable bonds is 4. The number of aryl methyl sites for hydroxylation is 1. The van der Waals surface area contributed by atoms with Gasteiger partial charge in [0.25, 0.3) is 0 Å². The van der Waals surface area contributed by atoms with Gasteiger partial charge in [-0.2, -0.15) is 8.42 Å². The van der Waals surface area contributed by atoms with Crippen LogP contribution in [0.5, 0.6) is 0 Å². The second-order valence-electron chi connectivity index (χ2n) is 5.05. The van der Waals surface area contributed by atoms with Crippen molar-refractivity contribution in [2.75, 3.05) is 5.32 Å². The average Bonchev–Trinajstić information content (AvgIpc) is 2.61. The molecule has 0 heterocycles. The van der Waals surface area contributed by atoms with E-state index in [2.05, 4.69) is 61.7 Å². The third-order valence-electron chi connectivity index (χ3n) is 2.85. The summed E-state index contributed by atoms with van der Waals surface area (Å²) in [6.07, 6.45) is 1.14. The van der Waals surface area contributed by atoms with Crippen LogP contribution in [-0.2, 0) is 27.1 Å². The molecule has 0 bridgehead atoms. The zero-order valence-electron chi connectivity index (χ0n) is 15.0. The second-order valence-corrected chi connectivity index (χ2v) is 12.3. The summed E-state index contributed by atoms with van der Waals surface area (Å²) in [5, 5.41) is 10.7. The Balaban J connectivity index is 0.000000466. The van der Waals surface area contributed by atoms with Crippen molar-refractivity contribution in [3.8, 4) is 0 Å². The fourth-order valence-electron chi connectivity index (χ4n) is 1.72. The van der Waals surface area contributed by atoms with E-state index < -0.39 is 22.4 Å². The molecule has 0 aliphatic heterocycles. The number of anilines is 1. The Kier molecular flexibility index (Phi) is 12.4. The molecule has 0 aliphatic carbocycles. The number of carbonyl (C=O) groups excluding carboxylic acids is 1. The molecule has 2 aromatic rings. The fraction of sp³-hybridized carbons (Fsp3) is 0.188.